The molecule has 0 unspecified atom stereocenters. The Morgan fingerprint density at radius 1 is 0.853 bits per heavy atom. The molecule has 1 amide bonds. The second kappa shape index (κ2) is 9.30. The van der Waals surface area contributed by atoms with Crippen LogP contribution < -0.4 is 4.31 Å². The van der Waals surface area contributed by atoms with Gasteiger partial charge < -0.3 is 10.0 Å². The van der Waals surface area contributed by atoms with Gasteiger partial charge >= 0.3 is 5.97 Å². The highest BCUT2D eigenvalue weighted by Gasteiger charge is 2.43. The van der Waals surface area contributed by atoms with Gasteiger partial charge in [0.15, 0.2) is 0 Å². The van der Waals surface area contributed by atoms with Crippen LogP contribution in [0.4, 0.5) is 5.69 Å². The largest absolute Gasteiger partial charge is 0.481 e. The number of nitrogens with zero attached hydrogens (tertiary/aromatic N) is 2. The van der Waals surface area contributed by atoms with Crippen LogP contribution in [0, 0.1) is 0 Å². The number of benzene rings is 3. The molecule has 34 heavy (non-hydrogen) atoms. The first-order valence-electron chi connectivity index (χ1n) is 11.0. The maximum Gasteiger partial charge on any atom is 0.314 e. The van der Waals surface area contributed by atoms with Crippen LogP contribution in [-0.2, 0) is 20.2 Å². The number of carbonyl (C=O) groups excluding carboxylic acids is 1. The molecule has 1 saturated heterocycles. The highest BCUT2D eigenvalue weighted by Crippen LogP contribution is 2.36. The van der Waals surface area contributed by atoms with Crippen molar-refractivity contribution >= 4 is 27.6 Å². The molecular formula is C26H26N2O5S. The van der Waals surface area contributed by atoms with Crippen molar-refractivity contribution in [3.05, 3.63) is 96.1 Å². The minimum absolute atomic E-state index is 0.0861. The van der Waals surface area contributed by atoms with Gasteiger partial charge in [0, 0.05) is 25.7 Å². The summed E-state index contributed by atoms with van der Waals surface area (Å²) in [5.41, 5.74) is 0.629. The fraction of sp³-hybridized carbons (Fsp3) is 0.231. The number of hydrogen-bond donors (Lipinski definition) is 1. The number of hydrogen-bond acceptors (Lipinski definition) is 4. The predicted molar refractivity (Wildman–Crippen MR) is 129 cm³/mol. The molecule has 0 bridgehead atoms. The fourth-order valence-electron chi connectivity index (χ4n) is 4.36. The van der Waals surface area contributed by atoms with Gasteiger partial charge in [0.1, 0.15) is 0 Å². The van der Waals surface area contributed by atoms with Crippen molar-refractivity contribution in [3.8, 4) is 0 Å². The normalized spacial score (nSPS) is 15.5. The standard InChI is InChI=1S/C26H26N2O5S/c1-27(22-10-6-3-7-11-22)34(32,33)23-14-12-20(13-15-23)24(29)28-18-16-26(17-19-28,25(30)31)21-8-4-2-5-9-21/h2-15H,16-19H2,1H3,(H,30,31). The van der Waals surface area contributed by atoms with Crippen molar-refractivity contribution in [2.24, 2.45) is 0 Å². The number of likely N-dealkylation sites (tertiary alicyclic amines) is 1. The lowest BCUT2D eigenvalue weighted by Gasteiger charge is -2.39. The average Bonchev–Trinajstić information content (AvgIpc) is 2.89. The van der Waals surface area contributed by atoms with E-state index in [1.165, 1.54) is 35.6 Å². The molecule has 4 rings (SSSR count). The number of aliphatic carboxylic acids is 1. The van der Waals surface area contributed by atoms with Gasteiger partial charge in [0.05, 0.1) is 16.0 Å². The van der Waals surface area contributed by atoms with E-state index in [0.29, 0.717) is 37.2 Å². The summed E-state index contributed by atoms with van der Waals surface area (Å²) in [5.74, 6) is -1.13. The van der Waals surface area contributed by atoms with E-state index in [-0.39, 0.29) is 10.8 Å². The SMILES string of the molecule is CN(c1ccccc1)S(=O)(=O)c1ccc(C(=O)N2CCC(C(=O)O)(c3ccccc3)CC2)cc1. The molecule has 0 aromatic heterocycles. The number of carboxylic acids is 1. The van der Waals surface area contributed by atoms with Gasteiger partial charge in [-0.2, -0.15) is 0 Å². The second-order valence-corrected chi connectivity index (χ2v) is 10.3. The second-order valence-electron chi connectivity index (χ2n) is 8.38. The van der Waals surface area contributed by atoms with Crippen LogP contribution in [0.15, 0.2) is 89.8 Å². The Hall–Kier alpha value is -3.65. The van der Waals surface area contributed by atoms with Crippen LogP contribution >= 0.6 is 0 Å². The maximum absolute atomic E-state index is 13.1. The Morgan fingerprint density at radius 2 is 1.38 bits per heavy atom. The first-order valence-corrected chi connectivity index (χ1v) is 12.4. The third-order valence-corrected chi connectivity index (χ3v) is 8.32. The summed E-state index contributed by atoms with van der Waals surface area (Å²) >= 11 is 0. The monoisotopic (exact) mass is 478 g/mol. The quantitative estimate of drug-likeness (QED) is 0.582. The molecule has 1 aliphatic rings. The van der Waals surface area contributed by atoms with Gasteiger partial charge in [0.25, 0.3) is 15.9 Å². The zero-order valence-corrected chi connectivity index (χ0v) is 19.6. The number of para-hydroxylation sites is 1. The number of rotatable bonds is 6. The van der Waals surface area contributed by atoms with Gasteiger partial charge in [-0.25, -0.2) is 8.42 Å². The molecular weight excluding hydrogens is 452 g/mol. The summed E-state index contributed by atoms with van der Waals surface area (Å²) in [6.07, 6.45) is 0.624. The van der Waals surface area contributed by atoms with Crippen molar-refractivity contribution in [3.63, 3.8) is 0 Å². The lowest BCUT2D eigenvalue weighted by atomic mass is 9.73. The summed E-state index contributed by atoms with van der Waals surface area (Å²) in [5, 5.41) is 9.95. The van der Waals surface area contributed by atoms with E-state index in [9.17, 15) is 23.1 Å². The molecule has 176 valence electrons. The average molecular weight is 479 g/mol. The molecule has 0 radical (unpaired) electrons. The molecule has 1 fully saturated rings. The maximum atomic E-state index is 13.1. The number of piperidine rings is 1. The van der Waals surface area contributed by atoms with E-state index in [0.717, 1.165) is 5.56 Å². The smallest absolute Gasteiger partial charge is 0.314 e. The lowest BCUT2D eigenvalue weighted by molar-refractivity contribution is -0.145. The predicted octanol–water partition coefficient (Wildman–Crippen LogP) is 3.77. The molecule has 3 aromatic rings. The van der Waals surface area contributed by atoms with Crippen LogP contribution in [0.1, 0.15) is 28.8 Å². The Balaban J connectivity index is 1.48. The van der Waals surface area contributed by atoms with E-state index in [4.69, 9.17) is 0 Å². The molecule has 0 saturated carbocycles. The third kappa shape index (κ3) is 4.28. The van der Waals surface area contributed by atoms with Gasteiger partial charge in [-0.1, -0.05) is 48.5 Å². The van der Waals surface area contributed by atoms with Gasteiger partial charge in [-0.3, -0.25) is 13.9 Å². The summed E-state index contributed by atoms with van der Waals surface area (Å²) in [6.45, 7) is 0.605. The summed E-state index contributed by atoms with van der Waals surface area (Å²) in [6, 6.07) is 23.7. The minimum atomic E-state index is -3.77. The third-order valence-electron chi connectivity index (χ3n) is 6.52. The summed E-state index contributed by atoms with van der Waals surface area (Å²) in [7, 11) is -2.29. The Labute approximate surface area is 199 Å². The van der Waals surface area contributed by atoms with E-state index >= 15 is 0 Å². The highest BCUT2D eigenvalue weighted by molar-refractivity contribution is 7.92. The molecule has 1 aliphatic heterocycles. The Kier molecular flexibility index (Phi) is 6.43. The Morgan fingerprint density at radius 3 is 1.91 bits per heavy atom. The summed E-state index contributed by atoms with van der Waals surface area (Å²) in [4.78, 5) is 26.9. The van der Waals surface area contributed by atoms with E-state index in [2.05, 4.69) is 0 Å². The van der Waals surface area contributed by atoms with Crippen molar-refractivity contribution in [2.45, 2.75) is 23.2 Å². The highest BCUT2D eigenvalue weighted by atomic mass is 32.2. The Bertz CT molecular complexity index is 1270. The first kappa shape index (κ1) is 23.5. The molecule has 1 heterocycles. The van der Waals surface area contributed by atoms with E-state index < -0.39 is 21.4 Å². The topological polar surface area (TPSA) is 95.0 Å². The van der Waals surface area contributed by atoms with E-state index in [1.54, 1.807) is 29.2 Å². The van der Waals surface area contributed by atoms with Gasteiger partial charge in [-0.15, -0.1) is 0 Å². The van der Waals surface area contributed by atoms with Crippen molar-refractivity contribution in [1.82, 2.24) is 4.90 Å². The van der Waals surface area contributed by atoms with Crippen LogP contribution in [0.25, 0.3) is 0 Å². The molecule has 1 N–H and O–H groups in total. The zero-order valence-electron chi connectivity index (χ0n) is 18.8. The van der Waals surface area contributed by atoms with Crippen molar-refractivity contribution in [2.75, 3.05) is 24.4 Å². The van der Waals surface area contributed by atoms with Crippen molar-refractivity contribution in [1.29, 1.82) is 0 Å². The molecule has 3 aromatic carbocycles. The lowest BCUT2D eigenvalue weighted by Crippen LogP contribution is -2.49. The summed E-state index contributed by atoms with van der Waals surface area (Å²) < 4.78 is 27.1. The van der Waals surface area contributed by atoms with Crippen LogP contribution in [0.2, 0.25) is 0 Å². The van der Waals surface area contributed by atoms with Crippen LogP contribution in [0.5, 0.6) is 0 Å². The number of anilines is 1. The van der Waals surface area contributed by atoms with Crippen LogP contribution in [-0.4, -0.2) is 50.4 Å². The van der Waals surface area contributed by atoms with Crippen LogP contribution in [0.3, 0.4) is 0 Å². The molecule has 0 spiro atoms. The molecule has 8 heteroatoms. The number of carbonyl (C=O) groups is 2. The molecule has 7 nitrogen and oxygen atoms in total. The first-order chi connectivity index (χ1) is 16.3. The van der Waals surface area contributed by atoms with Gasteiger partial charge in [-0.05, 0) is 54.8 Å². The molecule has 0 atom stereocenters. The number of carboxylic acid groups (broad SMARTS) is 1. The molecule has 0 aliphatic carbocycles. The van der Waals surface area contributed by atoms with Gasteiger partial charge in [0.2, 0.25) is 0 Å². The van der Waals surface area contributed by atoms with E-state index in [1.807, 2.05) is 36.4 Å². The number of amides is 1. The number of sulfonamides is 1. The minimum Gasteiger partial charge on any atom is -0.481 e. The fourth-order valence-corrected chi connectivity index (χ4v) is 5.56. The van der Waals surface area contributed by atoms with Crippen molar-refractivity contribution < 1.29 is 23.1 Å². The zero-order chi connectivity index (χ0) is 24.3.